The van der Waals surface area contributed by atoms with Crippen LogP contribution in [0.15, 0.2) is 39.9 Å². The highest BCUT2D eigenvalue weighted by atomic mass is 79.9. The fraction of sp³-hybridized carbons (Fsp3) is 0.235. The topological polar surface area (TPSA) is 89.8 Å². The molecule has 0 radical (unpaired) electrons. The fourth-order valence-corrected chi connectivity index (χ4v) is 3.15. The minimum Gasteiger partial charge on any atom is -0.293 e. The largest absolute Gasteiger partial charge is 0.293 e. The van der Waals surface area contributed by atoms with Crippen molar-refractivity contribution < 1.29 is 13.6 Å². The number of nitrogens with one attached hydrogen (secondary N) is 1. The number of nitrogens with zero attached hydrogens (tertiary/aromatic N) is 4. The minimum atomic E-state index is -1.01. The lowest BCUT2D eigenvalue weighted by atomic mass is 10.1. The number of amides is 1. The Morgan fingerprint density at radius 2 is 2.00 bits per heavy atom. The molecule has 2 atom stereocenters. The van der Waals surface area contributed by atoms with Gasteiger partial charge in [-0.2, -0.15) is 5.10 Å². The summed E-state index contributed by atoms with van der Waals surface area (Å²) in [6, 6.07) is 5.03. The molecule has 1 fully saturated rings. The molecule has 0 aliphatic heterocycles. The van der Waals surface area contributed by atoms with E-state index in [0.717, 1.165) is 21.5 Å². The van der Waals surface area contributed by atoms with E-state index < -0.39 is 35.9 Å². The monoisotopic (exact) mass is 435 g/mol. The predicted molar refractivity (Wildman–Crippen MR) is 96.6 cm³/mol. The van der Waals surface area contributed by atoms with Gasteiger partial charge in [-0.25, -0.2) is 23.4 Å². The highest BCUT2D eigenvalue weighted by Crippen LogP contribution is 2.44. The molecule has 1 N–H and O–H groups in total. The van der Waals surface area contributed by atoms with Crippen molar-refractivity contribution in [2.75, 3.05) is 5.32 Å². The summed E-state index contributed by atoms with van der Waals surface area (Å²) in [6.07, 6.45) is 1.15. The molecule has 1 aromatic carbocycles. The first kappa shape index (κ1) is 17.7. The molecule has 0 bridgehead atoms. The van der Waals surface area contributed by atoms with Gasteiger partial charge in [0, 0.05) is 15.8 Å². The normalized spacial score (nSPS) is 18.5. The second kappa shape index (κ2) is 6.76. The van der Waals surface area contributed by atoms with Gasteiger partial charge in [0.05, 0.1) is 23.5 Å². The molecule has 1 aliphatic carbocycles. The van der Waals surface area contributed by atoms with Gasteiger partial charge in [-0.3, -0.25) is 14.9 Å². The molecule has 138 valence electrons. The minimum absolute atomic E-state index is 0.0922. The van der Waals surface area contributed by atoms with Crippen LogP contribution in [-0.2, 0) is 11.3 Å². The smallest absolute Gasteiger partial charge is 0.275 e. The number of hydrogen-bond donors (Lipinski definition) is 1. The number of benzene rings is 1. The lowest BCUT2D eigenvalue weighted by Gasteiger charge is -2.11. The average molecular weight is 436 g/mol. The molecule has 0 unspecified atom stereocenters. The number of halogens is 3. The third kappa shape index (κ3) is 3.57. The van der Waals surface area contributed by atoms with Gasteiger partial charge in [0.15, 0.2) is 5.82 Å². The van der Waals surface area contributed by atoms with Crippen LogP contribution in [0.1, 0.15) is 18.0 Å². The SMILES string of the molecule is O=C(Cn1nc([C@H]2C[C@H]2F)c2cc(Br)ccc2c1=O)Nc1ncc(F)cn1. The van der Waals surface area contributed by atoms with Crippen molar-refractivity contribution in [3.05, 3.63) is 56.9 Å². The number of fused-ring (bicyclic) bond motifs is 1. The predicted octanol–water partition coefficient (Wildman–Crippen LogP) is 2.55. The molecule has 27 heavy (non-hydrogen) atoms. The van der Waals surface area contributed by atoms with Crippen molar-refractivity contribution in [3.63, 3.8) is 0 Å². The third-order valence-electron chi connectivity index (χ3n) is 4.18. The molecule has 10 heteroatoms. The molecule has 0 spiro atoms. The van der Waals surface area contributed by atoms with Gasteiger partial charge >= 0.3 is 0 Å². The van der Waals surface area contributed by atoms with Crippen molar-refractivity contribution in [1.29, 1.82) is 0 Å². The lowest BCUT2D eigenvalue weighted by Crippen LogP contribution is -2.31. The number of hydrogen-bond acceptors (Lipinski definition) is 5. The molecular weight excluding hydrogens is 424 g/mol. The van der Waals surface area contributed by atoms with Crippen LogP contribution in [0.4, 0.5) is 14.7 Å². The Kier molecular flexibility index (Phi) is 4.42. The summed E-state index contributed by atoms with van der Waals surface area (Å²) in [7, 11) is 0. The number of aromatic nitrogens is 4. The molecule has 7 nitrogen and oxygen atoms in total. The Morgan fingerprint density at radius 1 is 1.30 bits per heavy atom. The lowest BCUT2D eigenvalue weighted by molar-refractivity contribution is -0.117. The second-order valence-corrected chi connectivity index (χ2v) is 7.08. The zero-order chi connectivity index (χ0) is 19.1. The molecule has 1 amide bonds. The van der Waals surface area contributed by atoms with Gasteiger partial charge in [0.2, 0.25) is 11.9 Å². The molecule has 2 heterocycles. The standard InChI is InChI=1S/C17H12BrF2N5O2/c18-8-1-2-10-11(3-8)15(12-4-13(12)20)24-25(16(10)27)7-14(26)23-17-21-5-9(19)6-22-17/h1-3,5-6,12-13H,4,7H2,(H,21,22,23,26)/t12-,13+/m0/s1. The van der Waals surface area contributed by atoms with Gasteiger partial charge in [-0.15, -0.1) is 0 Å². The van der Waals surface area contributed by atoms with Gasteiger partial charge < -0.3 is 0 Å². The summed E-state index contributed by atoms with van der Waals surface area (Å²) in [4.78, 5) is 32.1. The molecule has 3 aromatic rings. The Bertz CT molecular complexity index is 1100. The van der Waals surface area contributed by atoms with Crippen molar-refractivity contribution in [2.45, 2.75) is 25.1 Å². The second-order valence-electron chi connectivity index (χ2n) is 6.17. The summed E-state index contributed by atoms with van der Waals surface area (Å²) >= 11 is 3.34. The summed E-state index contributed by atoms with van der Waals surface area (Å²) in [5, 5.41) is 7.52. The molecule has 0 saturated heterocycles. The van der Waals surface area contributed by atoms with Crippen molar-refractivity contribution in [1.82, 2.24) is 19.7 Å². The van der Waals surface area contributed by atoms with E-state index in [1.807, 2.05) is 0 Å². The number of alkyl halides is 1. The Morgan fingerprint density at radius 3 is 2.67 bits per heavy atom. The van der Waals surface area contributed by atoms with Crippen LogP contribution >= 0.6 is 15.9 Å². The highest BCUT2D eigenvalue weighted by molar-refractivity contribution is 9.10. The van der Waals surface area contributed by atoms with E-state index in [1.165, 1.54) is 0 Å². The number of carbonyl (C=O) groups excluding carboxylic acids is 1. The highest BCUT2D eigenvalue weighted by Gasteiger charge is 2.41. The van der Waals surface area contributed by atoms with Crippen molar-refractivity contribution in [3.8, 4) is 0 Å². The van der Waals surface area contributed by atoms with Crippen LogP contribution in [0.5, 0.6) is 0 Å². The fourth-order valence-electron chi connectivity index (χ4n) is 2.79. The zero-order valence-corrected chi connectivity index (χ0v) is 15.3. The number of anilines is 1. The van der Waals surface area contributed by atoms with E-state index in [4.69, 9.17) is 0 Å². The van der Waals surface area contributed by atoms with Crippen LogP contribution in [0.3, 0.4) is 0 Å². The Hall–Kier alpha value is -2.75. The maximum Gasteiger partial charge on any atom is 0.275 e. The van der Waals surface area contributed by atoms with Crippen molar-refractivity contribution in [2.24, 2.45) is 0 Å². The van der Waals surface area contributed by atoms with E-state index in [2.05, 4.69) is 36.3 Å². The maximum absolute atomic E-state index is 13.6. The summed E-state index contributed by atoms with van der Waals surface area (Å²) in [5.41, 5.74) is -0.0169. The van der Waals surface area contributed by atoms with Gasteiger partial charge in [-0.05, 0) is 24.6 Å². The summed E-state index contributed by atoms with van der Waals surface area (Å²) in [5.74, 6) is -1.73. The molecule has 1 saturated carbocycles. The van der Waals surface area contributed by atoms with Gasteiger partial charge in [-0.1, -0.05) is 15.9 Å². The number of carbonyl (C=O) groups is 1. The van der Waals surface area contributed by atoms with Crippen LogP contribution in [0.25, 0.3) is 10.8 Å². The average Bonchev–Trinajstić information content (AvgIpc) is 3.35. The quantitative estimate of drug-likeness (QED) is 0.679. The molecule has 4 rings (SSSR count). The van der Waals surface area contributed by atoms with E-state index in [0.29, 0.717) is 22.9 Å². The molecule has 1 aliphatic rings. The zero-order valence-electron chi connectivity index (χ0n) is 13.7. The van der Waals surface area contributed by atoms with Crippen LogP contribution in [-0.4, -0.2) is 31.8 Å². The summed E-state index contributed by atoms with van der Waals surface area (Å²) in [6.45, 7) is -0.401. The van der Waals surface area contributed by atoms with Crippen LogP contribution in [0, 0.1) is 5.82 Å². The Labute approximate surface area is 159 Å². The first-order chi connectivity index (χ1) is 12.9. The van der Waals surface area contributed by atoms with E-state index in [1.54, 1.807) is 18.2 Å². The first-order valence-electron chi connectivity index (χ1n) is 8.04. The van der Waals surface area contributed by atoms with E-state index in [-0.39, 0.29) is 5.95 Å². The van der Waals surface area contributed by atoms with E-state index in [9.17, 15) is 18.4 Å². The van der Waals surface area contributed by atoms with E-state index >= 15 is 0 Å². The van der Waals surface area contributed by atoms with Gasteiger partial charge in [0.1, 0.15) is 12.7 Å². The van der Waals surface area contributed by atoms with Crippen molar-refractivity contribution >= 4 is 38.6 Å². The van der Waals surface area contributed by atoms with Crippen LogP contribution in [0.2, 0.25) is 0 Å². The Balaban J connectivity index is 1.68. The molecule has 2 aromatic heterocycles. The third-order valence-corrected chi connectivity index (χ3v) is 4.67. The van der Waals surface area contributed by atoms with Crippen LogP contribution < -0.4 is 10.9 Å². The number of rotatable bonds is 4. The summed E-state index contributed by atoms with van der Waals surface area (Å²) < 4.78 is 28.2. The first-order valence-corrected chi connectivity index (χ1v) is 8.83. The van der Waals surface area contributed by atoms with Gasteiger partial charge in [0.25, 0.3) is 5.56 Å². The maximum atomic E-state index is 13.6. The molecular formula is C17H12BrF2N5O2.